The number of amides is 1. The smallest absolute Gasteiger partial charge is 0.307 e. The van der Waals surface area contributed by atoms with E-state index in [1.165, 1.54) is 0 Å². The number of aliphatic carboxylic acids is 1. The van der Waals surface area contributed by atoms with Crippen molar-refractivity contribution >= 4 is 29.1 Å². The number of carboxylic acids is 1. The van der Waals surface area contributed by atoms with Gasteiger partial charge in [0.25, 0.3) is 5.91 Å². The molecule has 170 valence electrons. The van der Waals surface area contributed by atoms with Crippen LogP contribution >= 0.6 is 0 Å². The van der Waals surface area contributed by atoms with E-state index < -0.39 is 12.1 Å². The number of carboxylic acid groups (broad SMARTS) is 1. The second-order valence-electron chi connectivity index (χ2n) is 7.51. The Morgan fingerprint density at radius 1 is 0.853 bits per heavy atom. The van der Waals surface area contributed by atoms with Crippen LogP contribution in [0.15, 0.2) is 103 Å². The van der Waals surface area contributed by atoms with Gasteiger partial charge in [-0.25, -0.2) is 4.98 Å². The van der Waals surface area contributed by atoms with Crippen molar-refractivity contribution in [1.29, 1.82) is 0 Å². The summed E-state index contributed by atoms with van der Waals surface area (Å²) >= 11 is 0. The fraction of sp³-hybridized carbons (Fsp3) is 0.0741. The quantitative estimate of drug-likeness (QED) is 0.302. The van der Waals surface area contributed by atoms with E-state index in [4.69, 9.17) is 4.74 Å². The number of nitrogens with zero attached hydrogens (tertiary/aromatic N) is 1. The van der Waals surface area contributed by atoms with Gasteiger partial charge < -0.3 is 20.5 Å². The van der Waals surface area contributed by atoms with Crippen LogP contribution in [0.25, 0.3) is 0 Å². The molecule has 0 saturated heterocycles. The molecule has 1 heterocycles. The Labute approximate surface area is 197 Å². The van der Waals surface area contributed by atoms with E-state index in [-0.39, 0.29) is 12.3 Å². The van der Waals surface area contributed by atoms with Gasteiger partial charge in [-0.15, -0.1) is 0 Å². The molecule has 3 N–H and O–H groups in total. The summed E-state index contributed by atoms with van der Waals surface area (Å²) in [6.45, 7) is 0. The van der Waals surface area contributed by atoms with Gasteiger partial charge in [0.05, 0.1) is 6.42 Å². The Balaban J connectivity index is 1.41. The minimum atomic E-state index is -0.947. The molecule has 7 nitrogen and oxygen atoms in total. The molecule has 0 bridgehead atoms. The third kappa shape index (κ3) is 6.20. The molecule has 1 amide bonds. The SMILES string of the molecule is O=C(O)CC(Oc1ccc(NC(=O)c2cccc(Nc3ccccn3)c2)cc1)c1ccccc1. The average Bonchev–Trinajstić information content (AvgIpc) is 2.86. The molecule has 1 unspecified atom stereocenters. The molecule has 0 aliphatic carbocycles. The molecule has 4 aromatic rings. The number of hydrogen-bond acceptors (Lipinski definition) is 5. The van der Waals surface area contributed by atoms with Gasteiger partial charge >= 0.3 is 5.97 Å². The third-order valence-electron chi connectivity index (χ3n) is 4.98. The summed E-state index contributed by atoms with van der Waals surface area (Å²) in [6.07, 6.45) is 0.912. The zero-order valence-corrected chi connectivity index (χ0v) is 18.2. The normalized spacial score (nSPS) is 11.3. The Morgan fingerprint density at radius 3 is 2.32 bits per heavy atom. The summed E-state index contributed by atoms with van der Waals surface area (Å²) in [7, 11) is 0. The molecular formula is C27H23N3O4. The molecule has 7 heteroatoms. The summed E-state index contributed by atoms with van der Waals surface area (Å²) in [6, 6.07) is 28.7. The summed E-state index contributed by atoms with van der Waals surface area (Å²) in [4.78, 5) is 28.2. The summed E-state index contributed by atoms with van der Waals surface area (Å²) in [5.74, 6) is -0.00843. The number of anilines is 3. The summed E-state index contributed by atoms with van der Waals surface area (Å²) in [5, 5.41) is 15.3. The molecule has 0 fully saturated rings. The van der Waals surface area contributed by atoms with Crippen LogP contribution in [0.3, 0.4) is 0 Å². The van der Waals surface area contributed by atoms with Gasteiger partial charge in [-0.3, -0.25) is 9.59 Å². The lowest BCUT2D eigenvalue weighted by atomic mass is 10.1. The van der Waals surface area contributed by atoms with Crippen LogP contribution in [-0.2, 0) is 4.79 Å². The number of rotatable bonds is 9. The summed E-state index contributed by atoms with van der Waals surface area (Å²) < 4.78 is 5.92. The highest BCUT2D eigenvalue weighted by molar-refractivity contribution is 6.04. The fourth-order valence-corrected chi connectivity index (χ4v) is 3.36. The van der Waals surface area contributed by atoms with Crippen molar-refractivity contribution in [1.82, 2.24) is 4.98 Å². The van der Waals surface area contributed by atoms with Crippen LogP contribution in [0, 0.1) is 0 Å². The molecule has 3 aromatic carbocycles. The van der Waals surface area contributed by atoms with Gasteiger partial charge in [-0.05, 0) is 60.2 Å². The first-order valence-electron chi connectivity index (χ1n) is 10.7. The van der Waals surface area contributed by atoms with Gasteiger partial charge in [0.2, 0.25) is 0 Å². The molecule has 4 rings (SSSR count). The van der Waals surface area contributed by atoms with E-state index in [0.717, 1.165) is 11.3 Å². The van der Waals surface area contributed by atoms with Crippen LogP contribution in [0.4, 0.5) is 17.2 Å². The van der Waals surface area contributed by atoms with Crippen molar-refractivity contribution in [2.24, 2.45) is 0 Å². The van der Waals surface area contributed by atoms with Crippen LogP contribution in [0.2, 0.25) is 0 Å². The predicted molar refractivity (Wildman–Crippen MR) is 130 cm³/mol. The van der Waals surface area contributed by atoms with Crippen molar-refractivity contribution in [3.05, 3.63) is 114 Å². The van der Waals surface area contributed by atoms with E-state index in [9.17, 15) is 14.7 Å². The highest BCUT2D eigenvalue weighted by Gasteiger charge is 2.17. The first kappa shape index (κ1) is 22.5. The molecule has 0 saturated carbocycles. The second kappa shape index (κ2) is 10.8. The molecule has 0 aliphatic heterocycles. The lowest BCUT2D eigenvalue weighted by Crippen LogP contribution is -2.13. The number of ether oxygens (including phenoxy) is 1. The fourth-order valence-electron chi connectivity index (χ4n) is 3.36. The largest absolute Gasteiger partial charge is 0.485 e. The number of hydrogen-bond donors (Lipinski definition) is 3. The molecule has 0 radical (unpaired) electrons. The van der Waals surface area contributed by atoms with Crippen LogP contribution in [0.5, 0.6) is 5.75 Å². The molecule has 0 aliphatic rings. The lowest BCUT2D eigenvalue weighted by Gasteiger charge is -2.18. The molecule has 1 atom stereocenters. The number of benzene rings is 3. The van der Waals surface area contributed by atoms with Crippen molar-refractivity contribution in [3.8, 4) is 5.75 Å². The maximum Gasteiger partial charge on any atom is 0.307 e. The predicted octanol–water partition coefficient (Wildman–Crippen LogP) is 5.67. The van der Waals surface area contributed by atoms with E-state index in [1.54, 1.807) is 48.7 Å². The zero-order valence-electron chi connectivity index (χ0n) is 18.2. The van der Waals surface area contributed by atoms with Gasteiger partial charge in [-0.2, -0.15) is 0 Å². The highest BCUT2D eigenvalue weighted by Crippen LogP contribution is 2.26. The topological polar surface area (TPSA) is 101 Å². The number of nitrogens with one attached hydrogen (secondary N) is 2. The van der Waals surface area contributed by atoms with Crippen LogP contribution in [-0.4, -0.2) is 22.0 Å². The maximum atomic E-state index is 12.7. The second-order valence-corrected chi connectivity index (χ2v) is 7.51. The Morgan fingerprint density at radius 2 is 1.62 bits per heavy atom. The van der Waals surface area contributed by atoms with Gasteiger partial charge in [0, 0.05) is 23.1 Å². The maximum absolute atomic E-state index is 12.7. The lowest BCUT2D eigenvalue weighted by molar-refractivity contribution is -0.138. The van der Waals surface area contributed by atoms with E-state index in [0.29, 0.717) is 22.8 Å². The number of carbonyl (C=O) groups excluding carboxylic acids is 1. The van der Waals surface area contributed by atoms with E-state index >= 15 is 0 Å². The molecular weight excluding hydrogens is 430 g/mol. The first-order valence-corrected chi connectivity index (χ1v) is 10.7. The highest BCUT2D eigenvalue weighted by atomic mass is 16.5. The monoisotopic (exact) mass is 453 g/mol. The van der Waals surface area contributed by atoms with Crippen molar-refractivity contribution < 1.29 is 19.4 Å². The van der Waals surface area contributed by atoms with Crippen LogP contribution < -0.4 is 15.4 Å². The Hall–Kier alpha value is -4.65. The van der Waals surface area contributed by atoms with Gasteiger partial charge in [0.1, 0.15) is 17.7 Å². The molecule has 34 heavy (non-hydrogen) atoms. The minimum Gasteiger partial charge on any atom is -0.485 e. The van der Waals surface area contributed by atoms with Gasteiger partial charge in [-0.1, -0.05) is 42.5 Å². The molecule has 1 aromatic heterocycles. The van der Waals surface area contributed by atoms with Crippen LogP contribution in [0.1, 0.15) is 28.4 Å². The minimum absolute atomic E-state index is 0.161. The van der Waals surface area contributed by atoms with Crippen molar-refractivity contribution in [3.63, 3.8) is 0 Å². The number of aromatic nitrogens is 1. The van der Waals surface area contributed by atoms with Crippen molar-refractivity contribution in [2.45, 2.75) is 12.5 Å². The molecule has 0 spiro atoms. The number of carbonyl (C=O) groups is 2. The Kier molecular flexibility index (Phi) is 7.15. The average molecular weight is 453 g/mol. The summed E-state index contributed by atoms with van der Waals surface area (Å²) in [5.41, 5.74) is 2.61. The van der Waals surface area contributed by atoms with Gasteiger partial charge in [0.15, 0.2) is 0 Å². The zero-order chi connectivity index (χ0) is 23.8. The van der Waals surface area contributed by atoms with Crippen molar-refractivity contribution in [2.75, 3.05) is 10.6 Å². The standard InChI is InChI=1S/C27H23N3O4/c31-26(32)18-24(19-7-2-1-3-8-19)34-23-14-12-21(13-15-23)30-27(33)20-9-6-10-22(17-20)29-25-11-4-5-16-28-25/h1-17,24H,18H2,(H,28,29)(H,30,33)(H,31,32). The number of pyridine rings is 1. The van der Waals surface area contributed by atoms with E-state index in [1.807, 2.05) is 54.6 Å². The third-order valence-corrected chi connectivity index (χ3v) is 4.98. The first-order chi connectivity index (χ1) is 16.6. The van der Waals surface area contributed by atoms with E-state index in [2.05, 4.69) is 15.6 Å². The Bertz CT molecular complexity index is 1250.